The summed E-state index contributed by atoms with van der Waals surface area (Å²) in [6, 6.07) is 3.87. The lowest BCUT2D eigenvalue weighted by Crippen LogP contribution is -2.03. The van der Waals surface area contributed by atoms with Crippen LogP contribution in [0.25, 0.3) is 0 Å². The van der Waals surface area contributed by atoms with Crippen molar-refractivity contribution in [3.63, 3.8) is 0 Å². The second-order valence-electron chi connectivity index (χ2n) is 4.34. The maximum absolute atomic E-state index is 5.72. The molecule has 0 aromatic carbocycles. The van der Waals surface area contributed by atoms with Gasteiger partial charge in [0.15, 0.2) is 0 Å². The van der Waals surface area contributed by atoms with Crippen molar-refractivity contribution in [3.05, 3.63) is 41.5 Å². The van der Waals surface area contributed by atoms with Gasteiger partial charge in [0.1, 0.15) is 12.4 Å². The highest BCUT2D eigenvalue weighted by molar-refractivity contribution is 6.18. The highest BCUT2D eigenvalue weighted by Gasteiger charge is 2.03. The van der Waals surface area contributed by atoms with Gasteiger partial charge in [-0.15, -0.1) is 11.6 Å². The Morgan fingerprint density at radius 1 is 1.35 bits per heavy atom. The van der Waals surface area contributed by atoms with Gasteiger partial charge in [-0.3, -0.25) is 9.67 Å². The summed E-state index contributed by atoms with van der Waals surface area (Å²) in [5.41, 5.74) is 2.82. The maximum atomic E-state index is 5.72. The Bertz CT molecular complexity index is 640. The van der Waals surface area contributed by atoms with E-state index in [1.54, 1.807) is 12.4 Å². The number of aryl methyl sites for hydroxylation is 2. The standard InChI is InChI=1S/C15H16ClN3O/c1-12-7-14(19(2)18-12)11-20-15-8-13(9-17-10-15)5-3-4-6-16/h7-10H,4,6,11H2,1-2H3. The van der Waals surface area contributed by atoms with Crippen LogP contribution in [-0.4, -0.2) is 20.6 Å². The molecule has 20 heavy (non-hydrogen) atoms. The molecule has 2 aromatic rings. The van der Waals surface area contributed by atoms with E-state index in [1.807, 2.05) is 30.8 Å². The van der Waals surface area contributed by atoms with E-state index < -0.39 is 0 Å². The summed E-state index contributed by atoms with van der Waals surface area (Å²) in [5.74, 6) is 7.21. The molecule has 0 spiro atoms. The van der Waals surface area contributed by atoms with Crippen LogP contribution in [-0.2, 0) is 13.7 Å². The van der Waals surface area contributed by atoms with Gasteiger partial charge in [0.25, 0.3) is 0 Å². The summed E-state index contributed by atoms with van der Waals surface area (Å²) in [7, 11) is 1.90. The zero-order chi connectivity index (χ0) is 14.4. The molecular formula is C15H16ClN3O. The van der Waals surface area contributed by atoms with Crippen LogP contribution in [0.15, 0.2) is 24.5 Å². The summed E-state index contributed by atoms with van der Waals surface area (Å²) in [6.07, 6.45) is 4.05. The van der Waals surface area contributed by atoms with Crippen LogP contribution in [0.5, 0.6) is 5.75 Å². The monoisotopic (exact) mass is 289 g/mol. The average Bonchev–Trinajstić information content (AvgIpc) is 2.76. The zero-order valence-electron chi connectivity index (χ0n) is 11.6. The molecule has 0 bridgehead atoms. The number of rotatable bonds is 4. The Kier molecular flexibility index (Phi) is 5.03. The van der Waals surface area contributed by atoms with Gasteiger partial charge in [-0.1, -0.05) is 11.8 Å². The summed E-state index contributed by atoms with van der Waals surface area (Å²) in [4.78, 5) is 4.12. The van der Waals surface area contributed by atoms with Crippen molar-refractivity contribution in [1.82, 2.24) is 14.8 Å². The predicted molar refractivity (Wildman–Crippen MR) is 78.7 cm³/mol. The molecule has 0 saturated heterocycles. The Morgan fingerprint density at radius 3 is 2.90 bits per heavy atom. The van der Waals surface area contributed by atoms with E-state index in [1.165, 1.54) is 0 Å². The Balaban J connectivity index is 2.01. The molecular weight excluding hydrogens is 274 g/mol. The van der Waals surface area contributed by atoms with Gasteiger partial charge in [0, 0.05) is 31.1 Å². The predicted octanol–water partition coefficient (Wildman–Crippen LogP) is 2.68. The quantitative estimate of drug-likeness (QED) is 0.642. The minimum atomic E-state index is 0.456. The molecule has 2 aromatic heterocycles. The van der Waals surface area contributed by atoms with Crippen LogP contribution in [0.2, 0.25) is 0 Å². The largest absolute Gasteiger partial charge is 0.486 e. The first kappa shape index (κ1) is 14.4. The number of halogens is 1. The fraction of sp³-hybridized carbons (Fsp3) is 0.333. The van der Waals surface area contributed by atoms with E-state index >= 15 is 0 Å². The molecule has 0 aliphatic rings. The third-order valence-electron chi connectivity index (χ3n) is 2.65. The van der Waals surface area contributed by atoms with E-state index in [4.69, 9.17) is 16.3 Å². The zero-order valence-corrected chi connectivity index (χ0v) is 12.3. The molecule has 0 amide bonds. The number of hydrogen-bond donors (Lipinski definition) is 0. The number of aromatic nitrogens is 3. The van der Waals surface area contributed by atoms with Crippen molar-refractivity contribution in [2.75, 3.05) is 5.88 Å². The third-order valence-corrected chi connectivity index (χ3v) is 2.84. The van der Waals surface area contributed by atoms with Gasteiger partial charge in [0.2, 0.25) is 0 Å². The molecule has 2 heterocycles. The molecule has 0 atom stereocenters. The van der Waals surface area contributed by atoms with E-state index in [-0.39, 0.29) is 0 Å². The average molecular weight is 290 g/mol. The highest BCUT2D eigenvalue weighted by atomic mass is 35.5. The number of nitrogens with zero attached hydrogens (tertiary/aromatic N) is 3. The molecule has 0 aliphatic carbocycles. The van der Waals surface area contributed by atoms with Gasteiger partial charge in [-0.25, -0.2) is 0 Å². The van der Waals surface area contributed by atoms with E-state index in [0.29, 0.717) is 24.7 Å². The van der Waals surface area contributed by atoms with E-state index in [9.17, 15) is 0 Å². The van der Waals surface area contributed by atoms with Crippen molar-refractivity contribution < 1.29 is 4.74 Å². The minimum absolute atomic E-state index is 0.456. The van der Waals surface area contributed by atoms with Crippen LogP contribution in [0.3, 0.4) is 0 Å². The Morgan fingerprint density at radius 2 is 2.20 bits per heavy atom. The molecule has 104 valence electrons. The van der Waals surface area contributed by atoms with Crippen LogP contribution in [0, 0.1) is 18.8 Å². The topological polar surface area (TPSA) is 39.9 Å². The van der Waals surface area contributed by atoms with Gasteiger partial charge in [0.05, 0.1) is 17.6 Å². The molecule has 0 fully saturated rings. The van der Waals surface area contributed by atoms with Gasteiger partial charge in [-0.05, 0) is 19.1 Å². The molecule has 0 unspecified atom stereocenters. The van der Waals surface area contributed by atoms with Crippen LogP contribution in [0.4, 0.5) is 0 Å². The lowest BCUT2D eigenvalue weighted by Gasteiger charge is -2.06. The first-order valence-corrected chi connectivity index (χ1v) is 6.84. The molecule has 5 heteroatoms. The lowest BCUT2D eigenvalue weighted by atomic mass is 10.2. The van der Waals surface area contributed by atoms with Crippen molar-refractivity contribution >= 4 is 11.6 Å². The number of hydrogen-bond acceptors (Lipinski definition) is 3. The summed E-state index contributed by atoms with van der Waals surface area (Å²) in [5, 5.41) is 4.28. The van der Waals surface area contributed by atoms with Gasteiger partial charge < -0.3 is 4.74 Å². The van der Waals surface area contributed by atoms with Crippen molar-refractivity contribution in [3.8, 4) is 17.6 Å². The fourth-order valence-corrected chi connectivity index (χ4v) is 1.83. The summed E-state index contributed by atoms with van der Waals surface area (Å²) in [6.45, 7) is 2.41. The van der Waals surface area contributed by atoms with Crippen LogP contribution < -0.4 is 4.74 Å². The second kappa shape index (κ2) is 6.97. The van der Waals surface area contributed by atoms with Crippen LogP contribution >= 0.6 is 11.6 Å². The SMILES string of the molecule is Cc1cc(COc2cncc(C#CCCCl)c2)n(C)n1. The molecule has 0 radical (unpaired) electrons. The molecule has 4 nitrogen and oxygen atoms in total. The number of alkyl halides is 1. The van der Waals surface area contributed by atoms with Crippen molar-refractivity contribution in [2.45, 2.75) is 20.0 Å². The number of pyridine rings is 1. The minimum Gasteiger partial charge on any atom is -0.486 e. The normalized spacial score (nSPS) is 9.95. The third kappa shape index (κ3) is 4.01. The van der Waals surface area contributed by atoms with Crippen molar-refractivity contribution in [2.24, 2.45) is 7.05 Å². The van der Waals surface area contributed by atoms with E-state index in [0.717, 1.165) is 17.0 Å². The summed E-state index contributed by atoms with van der Waals surface area (Å²) < 4.78 is 7.53. The second-order valence-corrected chi connectivity index (χ2v) is 4.72. The smallest absolute Gasteiger partial charge is 0.139 e. The number of ether oxygens (including phenoxy) is 1. The first-order valence-electron chi connectivity index (χ1n) is 6.31. The summed E-state index contributed by atoms with van der Waals surface area (Å²) >= 11 is 5.58. The fourth-order valence-electron chi connectivity index (χ4n) is 1.73. The van der Waals surface area contributed by atoms with Crippen molar-refractivity contribution in [1.29, 1.82) is 0 Å². The molecule has 0 aliphatic heterocycles. The Hall–Kier alpha value is -1.99. The molecule has 0 N–H and O–H groups in total. The first-order chi connectivity index (χ1) is 9.69. The lowest BCUT2D eigenvalue weighted by molar-refractivity contribution is 0.293. The van der Waals surface area contributed by atoms with Crippen LogP contribution in [0.1, 0.15) is 23.4 Å². The highest BCUT2D eigenvalue weighted by Crippen LogP contribution is 2.13. The van der Waals surface area contributed by atoms with E-state index in [2.05, 4.69) is 21.9 Å². The maximum Gasteiger partial charge on any atom is 0.139 e. The van der Waals surface area contributed by atoms with Gasteiger partial charge in [-0.2, -0.15) is 5.10 Å². The Labute approximate surface area is 123 Å². The molecule has 0 saturated carbocycles. The van der Waals surface area contributed by atoms with Gasteiger partial charge >= 0.3 is 0 Å². The molecule has 2 rings (SSSR count).